The molecule has 1 N–H and O–H groups in total. The van der Waals surface area contributed by atoms with Gasteiger partial charge in [-0.25, -0.2) is 4.98 Å². The van der Waals surface area contributed by atoms with Crippen LogP contribution in [0.15, 0.2) is 12.3 Å². The predicted molar refractivity (Wildman–Crippen MR) is 38.9 cm³/mol. The molecule has 0 atom stereocenters. The average molecular weight is 172 g/mol. The summed E-state index contributed by atoms with van der Waals surface area (Å²) >= 11 is 5.63. The molecule has 0 aliphatic carbocycles. The van der Waals surface area contributed by atoms with Crippen LogP contribution in [0.25, 0.3) is 10.9 Å². The maximum atomic E-state index is 12.5. The van der Waals surface area contributed by atoms with Crippen molar-refractivity contribution < 1.29 is 4.39 Å². The van der Waals surface area contributed by atoms with Crippen molar-refractivity contribution in [3.05, 3.63) is 23.4 Å². The summed E-state index contributed by atoms with van der Waals surface area (Å²) in [5, 5.41) is 7.18. The van der Waals surface area contributed by atoms with Crippen molar-refractivity contribution in [1.29, 1.82) is 0 Å². The van der Waals surface area contributed by atoms with E-state index in [1.165, 1.54) is 12.3 Å². The van der Waals surface area contributed by atoms with Crippen LogP contribution in [0.3, 0.4) is 0 Å². The first-order valence-corrected chi connectivity index (χ1v) is 3.30. The molecule has 0 saturated heterocycles. The van der Waals surface area contributed by atoms with Gasteiger partial charge in [0.1, 0.15) is 10.7 Å². The molecule has 2 rings (SSSR count). The van der Waals surface area contributed by atoms with Gasteiger partial charge >= 0.3 is 0 Å². The van der Waals surface area contributed by atoms with Gasteiger partial charge in [-0.2, -0.15) is 9.49 Å². The number of rotatable bonds is 0. The van der Waals surface area contributed by atoms with Crippen LogP contribution in [-0.4, -0.2) is 15.2 Å². The summed E-state index contributed by atoms with van der Waals surface area (Å²) in [4.78, 5) is 3.41. The molecule has 0 aliphatic heterocycles. The van der Waals surface area contributed by atoms with E-state index in [2.05, 4.69) is 15.2 Å². The quantitative estimate of drug-likeness (QED) is 0.614. The van der Waals surface area contributed by atoms with Crippen LogP contribution in [0.5, 0.6) is 0 Å². The minimum absolute atomic E-state index is 0.335. The van der Waals surface area contributed by atoms with Gasteiger partial charge in [0.15, 0.2) is 0 Å². The van der Waals surface area contributed by atoms with Gasteiger partial charge in [0.2, 0.25) is 5.95 Å². The molecule has 0 radical (unpaired) electrons. The van der Waals surface area contributed by atoms with Crippen LogP contribution in [0.2, 0.25) is 5.15 Å². The number of hydrogen-bond donors (Lipinski definition) is 1. The number of fused-ring (bicyclic) bond motifs is 1. The number of hydrogen-bond acceptors (Lipinski definition) is 2. The van der Waals surface area contributed by atoms with Gasteiger partial charge in [0.25, 0.3) is 0 Å². The third-order valence-electron chi connectivity index (χ3n) is 1.36. The van der Waals surface area contributed by atoms with Crippen molar-refractivity contribution in [1.82, 2.24) is 15.2 Å². The van der Waals surface area contributed by atoms with Crippen LogP contribution in [0.4, 0.5) is 4.39 Å². The highest BCUT2D eigenvalue weighted by atomic mass is 35.5. The van der Waals surface area contributed by atoms with Crippen molar-refractivity contribution in [3.8, 4) is 0 Å². The number of nitrogens with one attached hydrogen (secondary N) is 1. The van der Waals surface area contributed by atoms with Crippen molar-refractivity contribution >= 4 is 22.5 Å². The molecular formula is C6H3ClFN3. The molecule has 0 spiro atoms. The summed E-state index contributed by atoms with van der Waals surface area (Å²) in [6.07, 6.45) is 1.33. The Hall–Kier alpha value is -1.16. The van der Waals surface area contributed by atoms with E-state index < -0.39 is 5.95 Å². The molecule has 0 saturated carbocycles. The maximum absolute atomic E-state index is 12.5. The van der Waals surface area contributed by atoms with E-state index in [1.54, 1.807) is 0 Å². The van der Waals surface area contributed by atoms with Gasteiger partial charge in [-0.15, -0.1) is 0 Å². The highest BCUT2D eigenvalue weighted by Gasteiger charge is 2.03. The summed E-state index contributed by atoms with van der Waals surface area (Å²) in [7, 11) is 0. The first kappa shape index (κ1) is 6.54. The van der Waals surface area contributed by atoms with Gasteiger partial charge in [0.05, 0.1) is 6.20 Å². The summed E-state index contributed by atoms with van der Waals surface area (Å²) in [5.74, 6) is -0.555. The van der Waals surface area contributed by atoms with Gasteiger partial charge < -0.3 is 0 Å². The van der Waals surface area contributed by atoms with Crippen molar-refractivity contribution in [2.75, 3.05) is 0 Å². The fraction of sp³-hybridized carbons (Fsp3) is 0. The van der Waals surface area contributed by atoms with E-state index in [0.29, 0.717) is 16.1 Å². The zero-order valence-corrected chi connectivity index (χ0v) is 6.06. The minimum Gasteiger partial charge on any atom is -0.266 e. The van der Waals surface area contributed by atoms with Gasteiger partial charge in [-0.1, -0.05) is 11.6 Å². The summed E-state index contributed by atoms with van der Waals surface area (Å²) in [5.41, 5.74) is 0.566. The fourth-order valence-electron chi connectivity index (χ4n) is 0.857. The predicted octanol–water partition coefficient (Wildman–Crippen LogP) is 1.75. The Balaban J connectivity index is 2.87. The number of pyridine rings is 1. The van der Waals surface area contributed by atoms with E-state index >= 15 is 0 Å². The van der Waals surface area contributed by atoms with E-state index in [9.17, 15) is 4.39 Å². The number of aromatic amines is 1. The zero-order chi connectivity index (χ0) is 7.84. The lowest BCUT2D eigenvalue weighted by molar-refractivity contribution is 0.586. The SMILES string of the molecule is Fc1cc2c(Cl)[nH]nc2cn1. The first-order chi connectivity index (χ1) is 5.27. The second-order valence-corrected chi connectivity index (χ2v) is 2.44. The lowest BCUT2D eigenvalue weighted by Crippen LogP contribution is -1.79. The molecule has 5 heteroatoms. The summed E-state index contributed by atoms with van der Waals surface area (Å²) in [6.45, 7) is 0. The zero-order valence-electron chi connectivity index (χ0n) is 5.31. The van der Waals surface area contributed by atoms with E-state index in [4.69, 9.17) is 11.6 Å². The monoisotopic (exact) mass is 171 g/mol. The number of halogens is 2. The smallest absolute Gasteiger partial charge is 0.213 e. The molecule has 2 aromatic rings. The Morgan fingerprint density at radius 3 is 3.18 bits per heavy atom. The van der Waals surface area contributed by atoms with Crippen molar-refractivity contribution in [2.45, 2.75) is 0 Å². The maximum Gasteiger partial charge on any atom is 0.213 e. The molecule has 56 valence electrons. The molecular weight excluding hydrogens is 169 g/mol. The molecule has 0 bridgehead atoms. The van der Waals surface area contributed by atoms with Crippen LogP contribution in [-0.2, 0) is 0 Å². The molecule has 0 fully saturated rings. The van der Waals surface area contributed by atoms with Gasteiger partial charge in [0, 0.05) is 11.5 Å². The standard InChI is InChI=1S/C6H3ClFN3/c7-6-3-1-5(8)9-2-4(3)10-11-6/h1-2H,(H,10,11). The molecule has 2 heterocycles. The normalized spacial score (nSPS) is 10.7. The van der Waals surface area contributed by atoms with Crippen LogP contribution >= 0.6 is 11.6 Å². The van der Waals surface area contributed by atoms with Crippen LogP contribution in [0, 0.1) is 5.95 Å². The summed E-state index contributed by atoms with van der Waals surface area (Å²) < 4.78 is 12.5. The number of aromatic nitrogens is 3. The van der Waals surface area contributed by atoms with E-state index in [0.717, 1.165) is 0 Å². The third-order valence-corrected chi connectivity index (χ3v) is 1.65. The molecule has 0 aliphatic rings. The second kappa shape index (κ2) is 2.17. The highest BCUT2D eigenvalue weighted by Crippen LogP contribution is 2.18. The minimum atomic E-state index is -0.555. The molecule has 3 nitrogen and oxygen atoms in total. The Morgan fingerprint density at radius 1 is 1.55 bits per heavy atom. The van der Waals surface area contributed by atoms with Crippen molar-refractivity contribution in [2.24, 2.45) is 0 Å². The largest absolute Gasteiger partial charge is 0.266 e. The van der Waals surface area contributed by atoms with Gasteiger partial charge in [-0.3, -0.25) is 5.10 Å². The lowest BCUT2D eigenvalue weighted by Gasteiger charge is -1.86. The van der Waals surface area contributed by atoms with Crippen molar-refractivity contribution in [3.63, 3.8) is 0 Å². The average Bonchev–Trinajstić information content (AvgIpc) is 2.33. The third kappa shape index (κ3) is 0.952. The molecule has 11 heavy (non-hydrogen) atoms. The Kier molecular flexibility index (Phi) is 1.29. The molecule has 0 aromatic carbocycles. The Bertz CT molecular complexity index is 398. The second-order valence-electron chi connectivity index (χ2n) is 2.06. The van der Waals surface area contributed by atoms with Gasteiger partial charge in [-0.05, 0) is 0 Å². The van der Waals surface area contributed by atoms with Crippen LogP contribution in [0.1, 0.15) is 0 Å². The van der Waals surface area contributed by atoms with Crippen LogP contribution < -0.4 is 0 Å². The molecule has 0 unspecified atom stereocenters. The number of nitrogens with zero attached hydrogens (tertiary/aromatic N) is 2. The highest BCUT2D eigenvalue weighted by molar-refractivity contribution is 6.34. The first-order valence-electron chi connectivity index (χ1n) is 2.92. The topological polar surface area (TPSA) is 41.6 Å². The molecule has 0 amide bonds. The summed E-state index contributed by atoms with van der Waals surface area (Å²) in [6, 6.07) is 1.24. The van der Waals surface area contributed by atoms with E-state index in [-0.39, 0.29) is 0 Å². The fourth-order valence-corrected chi connectivity index (χ4v) is 1.05. The molecule has 2 aromatic heterocycles. The van der Waals surface area contributed by atoms with E-state index in [1.807, 2.05) is 0 Å². The lowest BCUT2D eigenvalue weighted by atomic mass is 10.3. The Morgan fingerprint density at radius 2 is 2.36 bits per heavy atom. The number of H-pyrrole nitrogens is 1. The Labute approximate surface area is 66.2 Å².